The Kier molecular flexibility index (Phi) is 4.37. The number of amides is 1. The zero-order chi connectivity index (χ0) is 21.0. The van der Waals surface area contributed by atoms with Crippen LogP contribution < -0.4 is 8.61 Å². The molecule has 2 aromatic carbocycles. The van der Waals surface area contributed by atoms with Gasteiger partial charge in [-0.25, -0.2) is 17.8 Å². The summed E-state index contributed by atoms with van der Waals surface area (Å²) in [5, 5.41) is 9.25. The molecular formula is C20H21FN4O4S. The summed E-state index contributed by atoms with van der Waals surface area (Å²) >= 11 is 0. The van der Waals surface area contributed by atoms with E-state index in [1.165, 1.54) is 27.4 Å². The lowest BCUT2D eigenvalue weighted by Crippen LogP contribution is -2.50. The standard InChI is InChI=1S/C20H21FN4O4S/c21-16-5-1-2-6-17(16)25-19-8-4-3-7-18(19)24(30(25,28)29)10-9-22-12-15-11-14(22)13-23(15)20(26)27/h1-8,14-15H,9-13H2,(H,26,27)/t14-,15-/m0/s1. The van der Waals surface area contributed by atoms with Gasteiger partial charge in [-0.1, -0.05) is 24.3 Å². The van der Waals surface area contributed by atoms with Crippen molar-refractivity contribution in [3.63, 3.8) is 0 Å². The molecule has 2 aromatic rings. The van der Waals surface area contributed by atoms with Crippen molar-refractivity contribution in [2.24, 2.45) is 0 Å². The highest BCUT2D eigenvalue weighted by Gasteiger charge is 2.47. The molecule has 2 fully saturated rings. The fourth-order valence-electron chi connectivity index (χ4n) is 4.78. The topological polar surface area (TPSA) is 84.4 Å². The summed E-state index contributed by atoms with van der Waals surface area (Å²) in [6.07, 6.45) is -0.129. The van der Waals surface area contributed by atoms with E-state index in [2.05, 4.69) is 4.90 Å². The number of benzene rings is 2. The molecular weight excluding hydrogens is 411 g/mol. The highest BCUT2D eigenvalue weighted by Crippen LogP contribution is 2.45. The molecule has 2 atom stereocenters. The highest BCUT2D eigenvalue weighted by atomic mass is 32.2. The summed E-state index contributed by atoms with van der Waals surface area (Å²) in [7, 11) is -4.00. The summed E-state index contributed by atoms with van der Waals surface area (Å²) in [5.41, 5.74) is 0.921. The number of rotatable bonds is 4. The minimum atomic E-state index is -4.00. The Hall–Kier alpha value is -2.85. The van der Waals surface area contributed by atoms with Crippen molar-refractivity contribution in [1.82, 2.24) is 9.80 Å². The molecule has 0 radical (unpaired) electrons. The van der Waals surface area contributed by atoms with Gasteiger partial charge in [-0.3, -0.25) is 4.90 Å². The minimum Gasteiger partial charge on any atom is -0.465 e. The van der Waals surface area contributed by atoms with Crippen LogP contribution in [0.5, 0.6) is 0 Å². The molecule has 3 aliphatic heterocycles. The predicted molar refractivity (Wildman–Crippen MR) is 110 cm³/mol. The average molecular weight is 432 g/mol. The number of anilines is 3. The maximum Gasteiger partial charge on any atom is 0.407 e. The van der Waals surface area contributed by atoms with Gasteiger partial charge in [0.1, 0.15) is 5.82 Å². The highest BCUT2D eigenvalue weighted by molar-refractivity contribution is 7.95. The molecule has 8 nitrogen and oxygen atoms in total. The van der Waals surface area contributed by atoms with Crippen molar-refractivity contribution in [1.29, 1.82) is 0 Å². The van der Waals surface area contributed by atoms with E-state index in [1.54, 1.807) is 30.3 Å². The largest absolute Gasteiger partial charge is 0.465 e. The maximum atomic E-state index is 14.5. The van der Waals surface area contributed by atoms with E-state index in [4.69, 9.17) is 0 Å². The lowest BCUT2D eigenvalue weighted by atomic mass is 10.2. The molecule has 1 N–H and O–H groups in total. The van der Waals surface area contributed by atoms with Gasteiger partial charge in [0.05, 0.1) is 17.1 Å². The number of carbonyl (C=O) groups is 1. The van der Waals surface area contributed by atoms with Gasteiger partial charge in [0.25, 0.3) is 0 Å². The van der Waals surface area contributed by atoms with E-state index in [0.717, 1.165) is 10.7 Å². The molecule has 1 amide bonds. The molecule has 5 rings (SSSR count). The number of para-hydroxylation sites is 3. The van der Waals surface area contributed by atoms with E-state index in [0.29, 0.717) is 31.0 Å². The Morgan fingerprint density at radius 2 is 1.63 bits per heavy atom. The van der Waals surface area contributed by atoms with Crippen molar-refractivity contribution in [2.75, 3.05) is 34.8 Å². The predicted octanol–water partition coefficient (Wildman–Crippen LogP) is 2.47. The third-order valence-corrected chi connectivity index (χ3v) is 7.93. The van der Waals surface area contributed by atoms with Crippen molar-refractivity contribution < 1.29 is 22.7 Å². The van der Waals surface area contributed by atoms with Crippen LogP contribution in [0.4, 0.5) is 26.2 Å². The minimum absolute atomic E-state index is 0.00946. The average Bonchev–Trinajstić information content (AvgIpc) is 3.36. The normalized spacial score (nSPS) is 24.5. The van der Waals surface area contributed by atoms with Crippen LogP contribution in [0.15, 0.2) is 48.5 Å². The lowest BCUT2D eigenvalue weighted by molar-refractivity contribution is 0.104. The molecule has 0 unspecified atom stereocenters. The van der Waals surface area contributed by atoms with Crippen molar-refractivity contribution in [2.45, 2.75) is 18.5 Å². The van der Waals surface area contributed by atoms with Crippen LogP contribution in [0.2, 0.25) is 0 Å². The number of likely N-dealkylation sites (tertiary alicyclic amines) is 2. The lowest BCUT2D eigenvalue weighted by Gasteiger charge is -2.33. The van der Waals surface area contributed by atoms with Crippen molar-refractivity contribution in [3.05, 3.63) is 54.3 Å². The maximum absolute atomic E-state index is 14.5. The number of piperazine rings is 1. The Labute approximate surface area is 173 Å². The quantitative estimate of drug-likeness (QED) is 0.803. The van der Waals surface area contributed by atoms with Gasteiger partial charge < -0.3 is 10.0 Å². The van der Waals surface area contributed by atoms with E-state index < -0.39 is 22.1 Å². The molecule has 2 bridgehead atoms. The fraction of sp³-hybridized carbons (Fsp3) is 0.350. The monoisotopic (exact) mass is 432 g/mol. The second-order valence-electron chi connectivity index (χ2n) is 7.76. The molecule has 3 aliphatic rings. The van der Waals surface area contributed by atoms with Gasteiger partial charge >= 0.3 is 16.3 Å². The molecule has 3 heterocycles. The Morgan fingerprint density at radius 1 is 0.967 bits per heavy atom. The summed E-state index contributed by atoms with van der Waals surface area (Å²) in [4.78, 5) is 14.9. The van der Waals surface area contributed by atoms with Crippen LogP contribution in [-0.4, -0.2) is 67.7 Å². The summed E-state index contributed by atoms with van der Waals surface area (Å²) in [6.45, 7) is 1.74. The first-order valence-electron chi connectivity index (χ1n) is 9.78. The molecule has 2 saturated heterocycles. The number of fused-ring (bicyclic) bond motifs is 3. The zero-order valence-corrected chi connectivity index (χ0v) is 16.9. The Balaban J connectivity index is 1.40. The smallest absolute Gasteiger partial charge is 0.407 e. The van der Waals surface area contributed by atoms with Gasteiger partial charge in [0, 0.05) is 38.3 Å². The van der Waals surface area contributed by atoms with E-state index in [-0.39, 0.29) is 24.3 Å². The van der Waals surface area contributed by atoms with Gasteiger partial charge in [-0.2, -0.15) is 8.42 Å². The van der Waals surface area contributed by atoms with Crippen LogP contribution in [-0.2, 0) is 10.2 Å². The first-order chi connectivity index (χ1) is 14.4. The number of hydrogen-bond donors (Lipinski definition) is 1. The molecule has 158 valence electrons. The molecule has 0 saturated carbocycles. The number of nitrogens with zero attached hydrogens (tertiary/aromatic N) is 4. The van der Waals surface area contributed by atoms with Crippen molar-refractivity contribution in [3.8, 4) is 0 Å². The summed E-state index contributed by atoms with van der Waals surface area (Å²) in [5.74, 6) is -0.608. The summed E-state index contributed by atoms with van der Waals surface area (Å²) < 4.78 is 43.6. The molecule has 10 heteroatoms. The molecule has 0 aliphatic carbocycles. The first-order valence-corrected chi connectivity index (χ1v) is 11.2. The Bertz CT molecular complexity index is 1110. The van der Waals surface area contributed by atoms with Crippen LogP contribution in [0.1, 0.15) is 6.42 Å². The van der Waals surface area contributed by atoms with Crippen LogP contribution in [0, 0.1) is 5.82 Å². The van der Waals surface area contributed by atoms with Crippen LogP contribution in [0.25, 0.3) is 0 Å². The van der Waals surface area contributed by atoms with Crippen molar-refractivity contribution >= 4 is 33.4 Å². The Morgan fingerprint density at radius 3 is 2.27 bits per heavy atom. The SMILES string of the molecule is O=C(O)N1C[C@@H]2C[C@H]1CN2CCN1c2ccccc2N(c2ccccc2F)S1(=O)=O. The van der Waals surface area contributed by atoms with Gasteiger partial charge in [-0.05, 0) is 30.7 Å². The van der Waals surface area contributed by atoms with Gasteiger partial charge in [0.15, 0.2) is 0 Å². The number of hydrogen-bond acceptors (Lipinski definition) is 4. The van der Waals surface area contributed by atoms with Crippen LogP contribution >= 0.6 is 0 Å². The zero-order valence-electron chi connectivity index (χ0n) is 16.1. The third-order valence-electron chi connectivity index (χ3n) is 6.14. The third kappa shape index (κ3) is 2.82. The number of carboxylic acid groups (broad SMARTS) is 1. The molecule has 30 heavy (non-hydrogen) atoms. The molecule has 0 aromatic heterocycles. The summed E-state index contributed by atoms with van der Waals surface area (Å²) in [6, 6.07) is 12.8. The van der Waals surface area contributed by atoms with E-state index in [1.807, 2.05) is 0 Å². The first kappa shape index (κ1) is 19.1. The van der Waals surface area contributed by atoms with Gasteiger partial charge in [0.2, 0.25) is 0 Å². The van der Waals surface area contributed by atoms with Gasteiger partial charge in [-0.15, -0.1) is 0 Å². The fourth-order valence-corrected chi connectivity index (χ4v) is 6.49. The van der Waals surface area contributed by atoms with E-state index in [9.17, 15) is 22.7 Å². The number of halogens is 1. The second kappa shape index (κ2) is 6.85. The second-order valence-corrected chi connectivity index (χ2v) is 9.46. The van der Waals surface area contributed by atoms with Crippen LogP contribution in [0.3, 0.4) is 0 Å². The van der Waals surface area contributed by atoms with E-state index >= 15 is 0 Å². The molecule has 0 spiro atoms.